The molecule has 120 valence electrons. The maximum absolute atomic E-state index is 10.8. The molecule has 0 bridgehead atoms. The first-order valence-electron chi connectivity index (χ1n) is 7.69. The summed E-state index contributed by atoms with van der Waals surface area (Å²) in [5.74, 6) is 1.17. The van der Waals surface area contributed by atoms with Crippen LogP contribution < -0.4 is 0 Å². The molecule has 0 aliphatic carbocycles. The van der Waals surface area contributed by atoms with Gasteiger partial charge in [-0.3, -0.25) is 19.7 Å². The summed E-state index contributed by atoms with van der Waals surface area (Å²) in [6, 6.07) is 4.90. The summed E-state index contributed by atoms with van der Waals surface area (Å²) in [4.78, 5) is 12.8. The molecular formula is C16H24N4O2. The molecular weight excluding hydrogens is 280 g/mol. The lowest BCUT2D eigenvalue weighted by atomic mass is 10.1. The molecule has 2 aromatic rings. The second-order valence-electron chi connectivity index (χ2n) is 6.61. The number of fused-ring (bicyclic) bond motifs is 1. The number of hydrogen-bond acceptors (Lipinski definition) is 4. The number of hydrogen-bond donors (Lipinski definition) is 0. The van der Waals surface area contributed by atoms with E-state index in [0.717, 1.165) is 24.0 Å². The molecule has 0 atom stereocenters. The molecule has 0 amide bonds. The Labute approximate surface area is 130 Å². The van der Waals surface area contributed by atoms with Gasteiger partial charge >= 0.3 is 0 Å². The molecule has 0 fully saturated rings. The Hall–Kier alpha value is -1.95. The lowest BCUT2D eigenvalue weighted by molar-refractivity contribution is -0.384. The Morgan fingerprint density at radius 3 is 2.41 bits per heavy atom. The third-order valence-electron chi connectivity index (χ3n) is 3.42. The monoisotopic (exact) mass is 304 g/mol. The number of nitrogens with zero attached hydrogens (tertiary/aromatic N) is 4. The van der Waals surface area contributed by atoms with Crippen molar-refractivity contribution in [1.29, 1.82) is 0 Å². The molecule has 0 spiro atoms. The quantitative estimate of drug-likeness (QED) is 0.580. The first-order valence-corrected chi connectivity index (χ1v) is 7.69. The molecule has 0 unspecified atom stereocenters. The van der Waals surface area contributed by atoms with Crippen LogP contribution in [0.4, 0.5) is 5.69 Å². The summed E-state index contributed by atoms with van der Waals surface area (Å²) in [5.41, 5.74) is 1.04. The molecule has 0 aliphatic heterocycles. The summed E-state index contributed by atoms with van der Waals surface area (Å²) >= 11 is 0. The number of nitro benzene ring substituents is 1. The normalized spacial score (nSPS) is 12.0. The fraction of sp³-hybridized carbons (Fsp3) is 0.562. The van der Waals surface area contributed by atoms with Gasteiger partial charge in [-0.05, 0) is 17.9 Å². The van der Waals surface area contributed by atoms with Crippen molar-refractivity contribution in [2.75, 3.05) is 13.1 Å². The van der Waals surface area contributed by atoms with E-state index >= 15 is 0 Å². The fourth-order valence-corrected chi connectivity index (χ4v) is 2.71. The zero-order valence-corrected chi connectivity index (χ0v) is 13.7. The number of rotatable bonds is 7. The minimum atomic E-state index is -0.374. The Balaban J connectivity index is 2.23. The van der Waals surface area contributed by atoms with Crippen molar-refractivity contribution in [3.05, 3.63) is 34.5 Å². The number of nitro groups is 1. The van der Waals surface area contributed by atoms with Crippen LogP contribution in [0.3, 0.4) is 0 Å². The highest BCUT2D eigenvalue weighted by molar-refractivity contribution is 5.81. The molecule has 0 saturated heterocycles. The minimum Gasteiger partial charge on any atom is -0.284 e. The molecule has 0 saturated carbocycles. The van der Waals surface area contributed by atoms with E-state index in [9.17, 15) is 10.1 Å². The zero-order valence-electron chi connectivity index (χ0n) is 13.7. The predicted octanol–water partition coefficient (Wildman–Crippen LogP) is 3.52. The number of non-ortho nitro benzene ring substituents is 1. The summed E-state index contributed by atoms with van der Waals surface area (Å²) in [5, 5.41) is 16.1. The Kier molecular flexibility index (Phi) is 5.13. The van der Waals surface area contributed by atoms with E-state index in [0.29, 0.717) is 18.5 Å². The molecule has 0 radical (unpaired) electrons. The maximum Gasteiger partial charge on any atom is 0.270 e. The first kappa shape index (κ1) is 16.4. The molecule has 0 aliphatic rings. The van der Waals surface area contributed by atoms with Crippen LogP contribution >= 0.6 is 0 Å². The van der Waals surface area contributed by atoms with Gasteiger partial charge in [0.1, 0.15) is 0 Å². The van der Waals surface area contributed by atoms with Gasteiger partial charge in [0, 0.05) is 30.6 Å². The van der Waals surface area contributed by atoms with E-state index in [1.54, 1.807) is 18.3 Å². The topological polar surface area (TPSA) is 64.2 Å². The van der Waals surface area contributed by atoms with Crippen molar-refractivity contribution in [3.8, 4) is 0 Å². The zero-order chi connectivity index (χ0) is 16.3. The average Bonchev–Trinajstić information content (AvgIpc) is 2.79. The van der Waals surface area contributed by atoms with Gasteiger partial charge in [0.2, 0.25) is 0 Å². The summed E-state index contributed by atoms with van der Waals surface area (Å²) in [6.45, 7) is 11.5. The molecule has 1 aromatic heterocycles. The predicted molar refractivity (Wildman–Crippen MR) is 87.6 cm³/mol. The first-order chi connectivity index (χ1) is 10.4. The van der Waals surface area contributed by atoms with Crippen LogP contribution in [0.2, 0.25) is 0 Å². The van der Waals surface area contributed by atoms with Gasteiger partial charge in [0.05, 0.1) is 23.3 Å². The van der Waals surface area contributed by atoms with Crippen molar-refractivity contribution >= 4 is 16.6 Å². The fourth-order valence-electron chi connectivity index (χ4n) is 2.71. The molecule has 0 N–H and O–H groups in total. The summed E-state index contributed by atoms with van der Waals surface area (Å²) in [7, 11) is 0. The Morgan fingerprint density at radius 1 is 1.23 bits per heavy atom. The highest BCUT2D eigenvalue weighted by Gasteiger charge is 2.14. The standard InChI is InChI=1S/C16H24N4O2/c1-12(2)9-18(10-13(3)4)11-19-16-6-5-15(20(21)22)7-14(16)8-17-19/h5-8,12-13H,9-11H2,1-4H3. The van der Waals surface area contributed by atoms with Crippen LogP contribution in [-0.2, 0) is 6.67 Å². The minimum absolute atomic E-state index is 0.105. The van der Waals surface area contributed by atoms with Crippen LogP contribution in [0, 0.1) is 22.0 Å². The molecule has 6 nitrogen and oxygen atoms in total. The third-order valence-corrected chi connectivity index (χ3v) is 3.42. The van der Waals surface area contributed by atoms with Crippen LogP contribution in [-0.4, -0.2) is 32.7 Å². The SMILES string of the molecule is CC(C)CN(CC(C)C)Cn1ncc2cc([N+](=O)[O-])ccc21. The highest BCUT2D eigenvalue weighted by Crippen LogP contribution is 2.21. The van der Waals surface area contributed by atoms with E-state index in [-0.39, 0.29) is 10.6 Å². The van der Waals surface area contributed by atoms with Crippen LogP contribution in [0.15, 0.2) is 24.4 Å². The molecule has 6 heteroatoms. The molecule has 2 rings (SSSR count). The average molecular weight is 304 g/mol. The van der Waals surface area contributed by atoms with Gasteiger partial charge in [-0.2, -0.15) is 5.10 Å². The van der Waals surface area contributed by atoms with Crippen molar-refractivity contribution in [1.82, 2.24) is 14.7 Å². The third kappa shape index (κ3) is 4.04. The van der Waals surface area contributed by atoms with E-state index in [1.165, 1.54) is 6.07 Å². The summed E-state index contributed by atoms with van der Waals surface area (Å²) in [6.07, 6.45) is 1.70. The van der Waals surface area contributed by atoms with Crippen LogP contribution in [0.1, 0.15) is 27.7 Å². The Bertz CT molecular complexity index is 639. The van der Waals surface area contributed by atoms with Gasteiger partial charge in [-0.1, -0.05) is 27.7 Å². The Morgan fingerprint density at radius 2 is 1.86 bits per heavy atom. The lowest BCUT2D eigenvalue weighted by Crippen LogP contribution is -2.33. The van der Waals surface area contributed by atoms with Crippen LogP contribution in [0.5, 0.6) is 0 Å². The summed E-state index contributed by atoms with van der Waals surface area (Å²) < 4.78 is 1.92. The van der Waals surface area contributed by atoms with E-state index in [1.807, 2.05) is 4.68 Å². The van der Waals surface area contributed by atoms with Crippen LogP contribution in [0.25, 0.3) is 10.9 Å². The van der Waals surface area contributed by atoms with Gasteiger partial charge < -0.3 is 0 Å². The van der Waals surface area contributed by atoms with Crippen molar-refractivity contribution in [3.63, 3.8) is 0 Å². The second-order valence-corrected chi connectivity index (χ2v) is 6.61. The lowest BCUT2D eigenvalue weighted by Gasteiger charge is -2.26. The molecule has 1 aromatic carbocycles. The van der Waals surface area contributed by atoms with Crippen molar-refractivity contribution in [2.24, 2.45) is 11.8 Å². The van der Waals surface area contributed by atoms with E-state index in [2.05, 4.69) is 37.7 Å². The molecule has 22 heavy (non-hydrogen) atoms. The van der Waals surface area contributed by atoms with Gasteiger partial charge in [-0.15, -0.1) is 0 Å². The number of aromatic nitrogens is 2. The smallest absolute Gasteiger partial charge is 0.270 e. The number of benzene rings is 1. The second kappa shape index (κ2) is 6.87. The van der Waals surface area contributed by atoms with Crippen molar-refractivity contribution < 1.29 is 4.92 Å². The van der Waals surface area contributed by atoms with E-state index < -0.39 is 0 Å². The molecule has 1 heterocycles. The van der Waals surface area contributed by atoms with E-state index in [4.69, 9.17) is 0 Å². The van der Waals surface area contributed by atoms with Gasteiger partial charge in [-0.25, -0.2) is 0 Å². The largest absolute Gasteiger partial charge is 0.284 e. The van der Waals surface area contributed by atoms with Crippen molar-refractivity contribution in [2.45, 2.75) is 34.4 Å². The highest BCUT2D eigenvalue weighted by atomic mass is 16.6. The van der Waals surface area contributed by atoms with Gasteiger partial charge in [0.25, 0.3) is 5.69 Å². The van der Waals surface area contributed by atoms with Gasteiger partial charge in [0.15, 0.2) is 0 Å². The maximum atomic E-state index is 10.8.